The summed E-state index contributed by atoms with van der Waals surface area (Å²) in [5.74, 6) is 1.33. The van der Waals surface area contributed by atoms with Gasteiger partial charge in [0.15, 0.2) is 0 Å². The number of rotatable bonds is 4. The molecular weight excluding hydrogens is 219 g/mol. The van der Waals surface area contributed by atoms with Crippen molar-refractivity contribution in [1.82, 2.24) is 0 Å². The predicted octanol–water partition coefficient (Wildman–Crippen LogP) is 0.172. The van der Waals surface area contributed by atoms with Gasteiger partial charge in [0.25, 0.3) is 0 Å². The Labute approximate surface area is 101 Å². The predicted molar refractivity (Wildman–Crippen MR) is 65.3 cm³/mol. The highest BCUT2D eigenvalue weighted by molar-refractivity contribution is 6.58. The van der Waals surface area contributed by atoms with E-state index in [2.05, 4.69) is 0 Å². The second-order valence-electron chi connectivity index (χ2n) is 4.31. The Kier molecular flexibility index (Phi) is 4.42. The van der Waals surface area contributed by atoms with Crippen molar-refractivity contribution in [2.24, 2.45) is 5.92 Å². The van der Waals surface area contributed by atoms with Gasteiger partial charge in [-0.05, 0) is 36.4 Å². The average molecular weight is 236 g/mol. The van der Waals surface area contributed by atoms with Crippen LogP contribution in [0, 0.1) is 5.92 Å². The minimum atomic E-state index is -1.42. The summed E-state index contributed by atoms with van der Waals surface area (Å²) < 4.78 is 10.9. The first-order valence-electron chi connectivity index (χ1n) is 5.92. The molecular formula is C12H17BO4. The number of benzene rings is 1. The molecule has 0 bridgehead atoms. The molecule has 1 fully saturated rings. The van der Waals surface area contributed by atoms with Gasteiger partial charge in [0.1, 0.15) is 5.75 Å². The molecule has 0 aromatic heterocycles. The molecule has 1 aliphatic heterocycles. The molecule has 0 radical (unpaired) electrons. The normalized spacial score (nSPS) is 16.8. The Hall–Kier alpha value is -1.04. The van der Waals surface area contributed by atoms with Gasteiger partial charge in [-0.3, -0.25) is 0 Å². The zero-order valence-electron chi connectivity index (χ0n) is 9.71. The largest absolute Gasteiger partial charge is 0.493 e. The molecule has 5 heteroatoms. The van der Waals surface area contributed by atoms with Crippen LogP contribution < -0.4 is 10.2 Å². The first kappa shape index (κ1) is 12.4. The van der Waals surface area contributed by atoms with Crippen LogP contribution in [0.25, 0.3) is 0 Å². The van der Waals surface area contributed by atoms with Gasteiger partial charge in [-0.2, -0.15) is 0 Å². The van der Waals surface area contributed by atoms with Crippen molar-refractivity contribution in [2.75, 3.05) is 19.8 Å². The quantitative estimate of drug-likeness (QED) is 0.732. The molecule has 4 nitrogen and oxygen atoms in total. The molecule has 17 heavy (non-hydrogen) atoms. The highest BCUT2D eigenvalue weighted by atomic mass is 16.5. The molecule has 0 spiro atoms. The van der Waals surface area contributed by atoms with Crippen molar-refractivity contribution in [1.29, 1.82) is 0 Å². The summed E-state index contributed by atoms with van der Waals surface area (Å²) in [6.45, 7) is 2.34. The highest BCUT2D eigenvalue weighted by Gasteiger charge is 2.14. The maximum absolute atomic E-state index is 8.95. The molecule has 0 saturated carbocycles. The van der Waals surface area contributed by atoms with E-state index in [9.17, 15) is 0 Å². The number of ether oxygens (including phenoxy) is 2. The smallest absolute Gasteiger partial charge is 0.488 e. The van der Waals surface area contributed by atoms with Crippen molar-refractivity contribution in [3.63, 3.8) is 0 Å². The van der Waals surface area contributed by atoms with Crippen LogP contribution in [0.2, 0.25) is 0 Å². The summed E-state index contributed by atoms with van der Waals surface area (Å²) >= 11 is 0. The van der Waals surface area contributed by atoms with E-state index >= 15 is 0 Å². The molecule has 2 rings (SSSR count). The Bertz CT molecular complexity index is 333. The van der Waals surface area contributed by atoms with Crippen LogP contribution in [-0.4, -0.2) is 37.0 Å². The molecule has 1 aromatic carbocycles. The van der Waals surface area contributed by atoms with Gasteiger partial charge in [-0.15, -0.1) is 0 Å². The Balaban J connectivity index is 1.82. The van der Waals surface area contributed by atoms with Crippen LogP contribution in [0.4, 0.5) is 0 Å². The Morgan fingerprint density at radius 2 is 1.82 bits per heavy atom. The van der Waals surface area contributed by atoms with Crippen LogP contribution >= 0.6 is 0 Å². The lowest BCUT2D eigenvalue weighted by Gasteiger charge is -2.22. The highest BCUT2D eigenvalue weighted by Crippen LogP contribution is 2.17. The van der Waals surface area contributed by atoms with E-state index in [4.69, 9.17) is 19.5 Å². The lowest BCUT2D eigenvalue weighted by Crippen LogP contribution is -2.29. The standard InChI is InChI=1S/C12H17BO4/c14-13(15)11-1-3-12(4-2-11)17-9-10-5-7-16-8-6-10/h1-4,10,14-15H,5-9H2. The minimum absolute atomic E-state index is 0.475. The van der Waals surface area contributed by atoms with Gasteiger partial charge in [0.05, 0.1) is 6.61 Å². The van der Waals surface area contributed by atoms with Gasteiger partial charge in [-0.1, -0.05) is 12.1 Å². The summed E-state index contributed by atoms with van der Waals surface area (Å²) in [4.78, 5) is 0. The second kappa shape index (κ2) is 6.05. The third-order valence-electron chi connectivity index (χ3n) is 3.00. The molecule has 0 aliphatic carbocycles. The molecule has 1 aliphatic rings. The molecule has 92 valence electrons. The van der Waals surface area contributed by atoms with E-state index in [1.165, 1.54) is 0 Å². The summed E-state index contributed by atoms with van der Waals surface area (Å²) in [5, 5.41) is 17.9. The van der Waals surface area contributed by atoms with E-state index in [1.807, 2.05) is 0 Å². The maximum atomic E-state index is 8.95. The summed E-state index contributed by atoms with van der Waals surface area (Å²) in [5.41, 5.74) is 0.475. The van der Waals surface area contributed by atoms with Crippen LogP contribution in [0.3, 0.4) is 0 Å². The fourth-order valence-corrected chi connectivity index (χ4v) is 1.86. The topological polar surface area (TPSA) is 58.9 Å². The van der Waals surface area contributed by atoms with E-state index in [0.29, 0.717) is 18.0 Å². The van der Waals surface area contributed by atoms with Crippen LogP contribution in [0.1, 0.15) is 12.8 Å². The summed E-state index contributed by atoms with van der Waals surface area (Å²) in [6.07, 6.45) is 2.10. The van der Waals surface area contributed by atoms with Gasteiger partial charge >= 0.3 is 7.12 Å². The monoisotopic (exact) mass is 236 g/mol. The Morgan fingerprint density at radius 1 is 1.18 bits per heavy atom. The van der Waals surface area contributed by atoms with Crippen LogP contribution in [0.5, 0.6) is 5.75 Å². The SMILES string of the molecule is OB(O)c1ccc(OCC2CCOCC2)cc1. The van der Waals surface area contributed by atoms with E-state index in [0.717, 1.165) is 31.8 Å². The van der Waals surface area contributed by atoms with Crippen LogP contribution in [0.15, 0.2) is 24.3 Å². The lowest BCUT2D eigenvalue weighted by atomic mass is 9.80. The molecule has 1 heterocycles. The van der Waals surface area contributed by atoms with Crippen molar-refractivity contribution < 1.29 is 19.5 Å². The minimum Gasteiger partial charge on any atom is -0.493 e. The molecule has 1 aromatic rings. The van der Waals surface area contributed by atoms with Crippen molar-refractivity contribution in [2.45, 2.75) is 12.8 Å². The van der Waals surface area contributed by atoms with Gasteiger partial charge in [-0.25, -0.2) is 0 Å². The molecule has 0 atom stereocenters. The van der Waals surface area contributed by atoms with Gasteiger partial charge in [0, 0.05) is 13.2 Å². The number of hydrogen-bond acceptors (Lipinski definition) is 4. The molecule has 0 amide bonds. The van der Waals surface area contributed by atoms with E-state index in [-0.39, 0.29) is 0 Å². The van der Waals surface area contributed by atoms with Crippen molar-refractivity contribution in [3.05, 3.63) is 24.3 Å². The first-order chi connectivity index (χ1) is 8.25. The second-order valence-corrected chi connectivity index (χ2v) is 4.31. The Morgan fingerprint density at radius 3 is 2.41 bits per heavy atom. The molecule has 0 unspecified atom stereocenters. The number of hydrogen-bond donors (Lipinski definition) is 2. The molecule has 2 N–H and O–H groups in total. The van der Waals surface area contributed by atoms with Gasteiger partial charge < -0.3 is 19.5 Å². The third kappa shape index (κ3) is 3.73. The maximum Gasteiger partial charge on any atom is 0.488 e. The zero-order valence-corrected chi connectivity index (χ0v) is 9.71. The third-order valence-corrected chi connectivity index (χ3v) is 3.00. The van der Waals surface area contributed by atoms with Crippen molar-refractivity contribution >= 4 is 12.6 Å². The average Bonchev–Trinajstić information content (AvgIpc) is 2.38. The lowest BCUT2D eigenvalue weighted by molar-refractivity contribution is 0.0497. The van der Waals surface area contributed by atoms with Gasteiger partial charge in [0.2, 0.25) is 0 Å². The zero-order chi connectivity index (χ0) is 12.1. The van der Waals surface area contributed by atoms with E-state index < -0.39 is 7.12 Å². The summed E-state index contributed by atoms with van der Waals surface area (Å²) in [7, 11) is -1.42. The first-order valence-corrected chi connectivity index (χ1v) is 5.92. The fraction of sp³-hybridized carbons (Fsp3) is 0.500. The van der Waals surface area contributed by atoms with Crippen LogP contribution in [-0.2, 0) is 4.74 Å². The molecule has 1 saturated heterocycles. The fourth-order valence-electron chi connectivity index (χ4n) is 1.86. The van der Waals surface area contributed by atoms with Crippen molar-refractivity contribution in [3.8, 4) is 5.75 Å². The summed E-state index contributed by atoms with van der Waals surface area (Å²) in [6, 6.07) is 6.83. The van der Waals surface area contributed by atoms with E-state index in [1.54, 1.807) is 24.3 Å².